The van der Waals surface area contributed by atoms with Gasteiger partial charge in [-0.25, -0.2) is 9.07 Å². The van der Waals surface area contributed by atoms with Gasteiger partial charge in [0, 0.05) is 44.7 Å². The smallest absolute Gasteiger partial charge is 0.275 e. The van der Waals surface area contributed by atoms with Gasteiger partial charge in [-0.05, 0) is 18.2 Å². The number of carbonyl (C=O) groups is 1. The van der Waals surface area contributed by atoms with Crippen LogP contribution < -0.4 is 15.2 Å². The van der Waals surface area contributed by atoms with Gasteiger partial charge in [-0.15, -0.1) is 0 Å². The molecule has 1 aliphatic heterocycles. The van der Waals surface area contributed by atoms with Gasteiger partial charge in [-0.2, -0.15) is 5.10 Å². The Morgan fingerprint density at radius 3 is 2.59 bits per heavy atom. The number of amides is 1. The molecule has 1 fully saturated rings. The van der Waals surface area contributed by atoms with E-state index in [1.54, 1.807) is 24.4 Å². The third-order valence-corrected chi connectivity index (χ3v) is 5.08. The number of ether oxygens (including phenoxy) is 1. The first-order valence-electron chi connectivity index (χ1n) is 9.18. The maximum atomic E-state index is 13.8. The van der Waals surface area contributed by atoms with Crippen LogP contribution >= 0.6 is 0 Å². The molecule has 0 saturated carbocycles. The van der Waals surface area contributed by atoms with Crippen LogP contribution in [0.2, 0.25) is 0 Å². The Morgan fingerprint density at radius 1 is 1.10 bits per heavy atom. The van der Waals surface area contributed by atoms with E-state index in [1.165, 1.54) is 25.2 Å². The Kier molecular flexibility index (Phi) is 4.87. The van der Waals surface area contributed by atoms with Crippen LogP contribution in [-0.2, 0) is 7.05 Å². The molecule has 1 aliphatic rings. The molecular weight excluding hydrogens is 377 g/mol. The Bertz CT molecular complexity index is 1140. The first-order valence-corrected chi connectivity index (χ1v) is 9.18. The molecule has 2 aromatic heterocycles. The average Bonchev–Trinajstić information content (AvgIpc) is 2.76. The van der Waals surface area contributed by atoms with E-state index >= 15 is 0 Å². The van der Waals surface area contributed by atoms with Crippen molar-refractivity contribution in [3.05, 3.63) is 58.5 Å². The minimum atomic E-state index is -0.517. The summed E-state index contributed by atoms with van der Waals surface area (Å²) in [5.74, 6) is -0.166. The molecule has 0 N–H and O–H groups in total. The molecule has 3 aromatic rings. The van der Waals surface area contributed by atoms with Crippen molar-refractivity contribution in [1.29, 1.82) is 0 Å². The van der Waals surface area contributed by atoms with Crippen LogP contribution in [0.3, 0.4) is 0 Å². The molecule has 4 rings (SSSR count). The molecular formula is C20H20FN5O3. The summed E-state index contributed by atoms with van der Waals surface area (Å²) in [5.41, 5.74) is 0.634. The summed E-state index contributed by atoms with van der Waals surface area (Å²) in [6.07, 6.45) is 3.39. The molecule has 1 amide bonds. The van der Waals surface area contributed by atoms with Crippen molar-refractivity contribution in [1.82, 2.24) is 19.7 Å². The SMILES string of the molecule is COc1cncc(N2CCN(C(=O)c3nn(C)c(=O)c4ccc(F)cc34)CC2)c1. The van der Waals surface area contributed by atoms with Crippen molar-refractivity contribution in [2.24, 2.45) is 7.05 Å². The molecule has 150 valence electrons. The molecule has 0 aliphatic carbocycles. The number of aromatic nitrogens is 3. The molecule has 0 radical (unpaired) electrons. The zero-order chi connectivity index (χ0) is 20.5. The second-order valence-corrected chi connectivity index (χ2v) is 6.83. The largest absolute Gasteiger partial charge is 0.495 e. The fourth-order valence-corrected chi connectivity index (χ4v) is 3.49. The van der Waals surface area contributed by atoms with Gasteiger partial charge >= 0.3 is 0 Å². The highest BCUT2D eigenvalue weighted by molar-refractivity contribution is 6.04. The summed E-state index contributed by atoms with van der Waals surface area (Å²) in [5, 5.41) is 4.63. The molecule has 9 heteroatoms. The lowest BCUT2D eigenvalue weighted by Crippen LogP contribution is -2.49. The van der Waals surface area contributed by atoms with E-state index in [4.69, 9.17) is 4.74 Å². The minimum absolute atomic E-state index is 0.0816. The second-order valence-electron chi connectivity index (χ2n) is 6.83. The van der Waals surface area contributed by atoms with E-state index in [0.29, 0.717) is 31.9 Å². The number of nitrogens with zero attached hydrogens (tertiary/aromatic N) is 5. The maximum absolute atomic E-state index is 13.8. The number of pyridine rings is 1. The highest BCUT2D eigenvalue weighted by Crippen LogP contribution is 2.22. The summed E-state index contributed by atoms with van der Waals surface area (Å²) in [6.45, 7) is 2.16. The van der Waals surface area contributed by atoms with E-state index in [1.807, 2.05) is 6.07 Å². The van der Waals surface area contributed by atoms with Crippen LogP contribution in [0.4, 0.5) is 10.1 Å². The molecule has 0 bridgehead atoms. The van der Waals surface area contributed by atoms with Crippen molar-refractivity contribution in [2.75, 3.05) is 38.2 Å². The molecule has 0 spiro atoms. The van der Waals surface area contributed by atoms with E-state index < -0.39 is 5.82 Å². The van der Waals surface area contributed by atoms with Crippen LogP contribution in [0.25, 0.3) is 10.8 Å². The quantitative estimate of drug-likeness (QED) is 0.665. The zero-order valence-electron chi connectivity index (χ0n) is 16.1. The molecule has 29 heavy (non-hydrogen) atoms. The number of halogens is 1. The van der Waals surface area contributed by atoms with Gasteiger partial charge in [0.1, 0.15) is 11.6 Å². The van der Waals surface area contributed by atoms with Gasteiger partial charge in [-0.3, -0.25) is 14.6 Å². The Morgan fingerprint density at radius 2 is 1.86 bits per heavy atom. The molecule has 0 unspecified atom stereocenters. The topological polar surface area (TPSA) is 80.6 Å². The molecule has 3 heterocycles. The molecule has 0 atom stereocenters. The summed E-state index contributed by atoms with van der Waals surface area (Å²) in [7, 11) is 3.07. The number of piperazine rings is 1. The van der Waals surface area contributed by atoms with Crippen LogP contribution in [0, 0.1) is 5.82 Å². The third-order valence-electron chi connectivity index (χ3n) is 5.08. The van der Waals surface area contributed by atoms with Crippen molar-refractivity contribution < 1.29 is 13.9 Å². The highest BCUT2D eigenvalue weighted by Gasteiger charge is 2.26. The monoisotopic (exact) mass is 397 g/mol. The number of carbonyl (C=O) groups excluding carboxylic acids is 1. The third kappa shape index (κ3) is 3.51. The maximum Gasteiger partial charge on any atom is 0.275 e. The molecule has 8 nitrogen and oxygen atoms in total. The van der Waals surface area contributed by atoms with Crippen LogP contribution in [-0.4, -0.2) is 58.9 Å². The number of fused-ring (bicyclic) bond motifs is 1. The van der Waals surface area contributed by atoms with Gasteiger partial charge < -0.3 is 14.5 Å². The first-order chi connectivity index (χ1) is 14.0. The van der Waals surface area contributed by atoms with Crippen LogP contribution in [0.1, 0.15) is 10.5 Å². The predicted octanol–water partition coefficient (Wildman–Crippen LogP) is 1.44. The fourth-order valence-electron chi connectivity index (χ4n) is 3.49. The normalized spacial score (nSPS) is 14.3. The summed E-state index contributed by atoms with van der Waals surface area (Å²) in [4.78, 5) is 33.3. The van der Waals surface area contributed by atoms with Gasteiger partial charge in [0.2, 0.25) is 0 Å². The second kappa shape index (κ2) is 7.50. The van der Waals surface area contributed by atoms with Gasteiger partial charge in [0.05, 0.1) is 30.6 Å². The number of aryl methyl sites for hydroxylation is 1. The van der Waals surface area contributed by atoms with E-state index in [-0.39, 0.29) is 27.9 Å². The van der Waals surface area contributed by atoms with E-state index in [0.717, 1.165) is 10.4 Å². The Labute approximate surface area is 166 Å². The van der Waals surface area contributed by atoms with E-state index in [9.17, 15) is 14.0 Å². The fraction of sp³-hybridized carbons (Fsp3) is 0.300. The van der Waals surface area contributed by atoms with Crippen LogP contribution in [0.15, 0.2) is 41.5 Å². The summed E-state index contributed by atoms with van der Waals surface area (Å²) >= 11 is 0. The van der Waals surface area contributed by atoms with Gasteiger partial charge in [-0.1, -0.05) is 0 Å². The first kappa shape index (κ1) is 18.9. The Balaban J connectivity index is 1.58. The van der Waals surface area contributed by atoms with Crippen molar-refractivity contribution in [3.8, 4) is 5.75 Å². The standard InChI is InChI=1S/C20H20FN5O3/c1-24-19(27)16-4-3-13(21)9-17(16)18(23-24)20(28)26-7-5-25(6-8-26)14-10-15(29-2)12-22-11-14/h3-4,9-12H,5-8H2,1-2H3. The van der Waals surface area contributed by atoms with Gasteiger partial charge in [0.15, 0.2) is 5.69 Å². The number of hydrogen-bond acceptors (Lipinski definition) is 6. The number of anilines is 1. The number of benzene rings is 1. The highest BCUT2D eigenvalue weighted by atomic mass is 19.1. The lowest BCUT2D eigenvalue weighted by Gasteiger charge is -2.36. The molecule has 1 aromatic carbocycles. The Hall–Kier alpha value is -3.49. The minimum Gasteiger partial charge on any atom is -0.495 e. The number of rotatable bonds is 3. The average molecular weight is 397 g/mol. The van der Waals surface area contributed by atoms with Crippen LogP contribution in [0.5, 0.6) is 5.75 Å². The number of methoxy groups -OCH3 is 1. The van der Waals surface area contributed by atoms with Crippen molar-refractivity contribution in [3.63, 3.8) is 0 Å². The lowest BCUT2D eigenvalue weighted by atomic mass is 10.1. The lowest BCUT2D eigenvalue weighted by molar-refractivity contribution is 0.0740. The number of hydrogen-bond donors (Lipinski definition) is 0. The summed E-state index contributed by atoms with van der Waals surface area (Å²) in [6, 6.07) is 5.68. The van der Waals surface area contributed by atoms with Gasteiger partial charge in [0.25, 0.3) is 11.5 Å². The van der Waals surface area contributed by atoms with Crippen molar-refractivity contribution in [2.45, 2.75) is 0 Å². The predicted molar refractivity (Wildman–Crippen MR) is 106 cm³/mol. The summed E-state index contributed by atoms with van der Waals surface area (Å²) < 4.78 is 20.1. The zero-order valence-corrected chi connectivity index (χ0v) is 16.1. The molecule has 1 saturated heterocycles. The van der Waals surface area contributed by atoms with E-state index in [2.05, 4.69) is 15.0 Å². The van der Waals surface area contributed by atoms with Crippen molar-refractivity contribution >= 4 is 22.4 Å².